The lowest BCUT2D eigenvalue weighted by Crippen LogP contribution is -2.44. The van der Waals surface area contributed by atoms with E-state index < -0.39 is 28.7 Å². The first-order chi connectivity index (χ1) is 13.8. The summed E-state index contributed by atoms with van der Waals surface area (Å²) in [6, 6.07) is 4.97. The van der Waals surface area contributed by atoms with E-state index in [1.165, 1.54) is 29.9 Å². The Labute approximate surface area is 163 Å². The van der Waals surface area contributed by atoms with Crippen molar-refractivity contribution < 1.29 is 9.18 Å². The number of amides is 1. The topological polar surface area (TPSA) is 130 Å². The number of carbonyl (C=O) groups excluding carboxylic acids is 1. The smallest absolute Gasteiger partial charge is 0.288 e. The molecule has 0 spiro atoms. The molecule has 0 saturated carbocycles. The fraction of sp³-hybridized carbons (Fsp3) is 0.353. The van der Waals surface area contributed by atoms with Gasteiger partial charge in [0.25, 0.3) is 11.5 Å². The van der Waals surface area contributed by atoms with Crippen LogP contribution in [0.4, 0.5) is 10.3 Å². The van der Waals surface area contributed by atoms with Gasteiger partial charge in [-0.3, -0.25) is 14.9 Å². The minimum atomic E-state index is -0.978. The summed E-state index contributed by atoms with van der Waals surface area (Å²) in [5.74, 6) is -1.28. The molecule has 0 radical (unpaired) electrons. The molecule has 12 heteroatoms. The fourth-order valence-electron chi connectivity index (χ4n) is 2.52. The van der Waals surface area contributed by atoms with Crippen LogP contribution in [0.25, 0.3) is 5.69 Å². The molecule has 3 aromatic rings. The molecular formula is C17H19FN8O3. The van der Waals surface area contributed by atoms with Crippen molar-refractivity contribution in [1.29, 1.82) is 0 Å². The van der Waals surface area contributed by atoms with Gasteiger partial charge in [0.15, 0.2) is 0 Å². The van der Waals surface area contributed by atoms with Crippen LogP contribution in [-0.2, 0) is 13.6 Å². The van der Waals surface area contributed by atoms with Gasteiger partial charge in [-0.05, 0) is 41.0 Å². The maximum absolute atomic E-state index is 13.7. The Kier molecular flexibility index (Phi) is 5.61. The number of halogens is 1. The summed E-state index contributed by atoms with van der Waals surface area (Å²) < 4.78 is 16.6. The Morgan fingerprint density at radius 1 is 1.28 bits per heavy atom. The number of hydrogen-bond donors (Lipinski definition) is 1. The lowest BCUT2D eigenvalue weighted by molar-refractivity contribution is 0.101. The lowest BCUT2D eigenvalue weighted by Gasteiger charge is -2.13. The van der Waals surface area contributed by atoms with E-state index in [2.05, 4.69) is 25.9 Å². The number of aromatic nitrogens is 7. The zero-order chi connectivity index (χ0) is 21.1. The Morgan fingerprint density at radius 3 is 2.66 bits per heavy atom. The highest BCUT2D eigenvalue weighted by molar-refractivity contribution is 6.01. The van der Waals surface area contributed by atoms with Crippen molar-refractivity contribution in [2.24, 2.45) is 13.0 Å². The molecule has 0 aliphatic rings. The molecule has 2 aromatic heterocycles. The SMILES string of the molecule is CC(C)CCn1nc(C(=O)Nc2nnnn2C)c(=O)n(-c2cccc(F)c2)c1=O. The maximum Gasteiger partial charge on any atom is 0.352 e. The van der Waals surface area contributed by atoms with Crippen molar-refractivity contribution in [3.63, 3.8) is 0 Å². The van der Waals surface area contributed by atoms with Crippen LogP contribution in [0.2, 0.25) is 0 Å². The van der Waals surface area contributed by atoms with E-state index in [4.69, 9.17) is 0 Å². The Balaban J connectivity index is 2.14. The number of hydrogen-bond acceptors (Lipinski definition) is 7. The second-order valence-corrected chi connectivity index (χ2v) is 6.74. The quantitative estimate of drug-likeness (QED) is 0.630. The molecule has 2 heterocycles. The Hall–Kier alpha value is -3.70. The average molecular weight is 402 g/mol. The Bertz CT molecular complexity index is 1160. The summed E-state index contributed by atoms with van der Waals surface area (Å²) in [6.45, 7) is 4.10. The molecule has 0 aliphatic heterocycles. The van der Waals surface area contributed by atoms with Gasteiger partial charge in [0.2, 0.25) is 11.6 Å². The van der Waals surface area contributed by atoms with Crippen LogP contribution in [0, 0.1) is 11.7 Å². The third-order valence-electron chi connectivity index (χ3n) is 4.08. The first kappa shape index (κ1) is 20.0. The minimum absolute atomic E-state index is 0.00456. The van der Waals surface area contributed by atoms with Crippen LogP contribution in [-0.4, -0.2) is 40.5 Å². The van der Waals surface area contributed by atoms with E-state index in [1.807, 2.05) is 13.8 Å². The molecule has 152 valence electrons. The van der Waals surface area contributed by atoms with Gasteiger partial charge in [0.1, 0.15) is 5.82 Å². The van der Waals surface area contributed by atoms with Gasteiger partial charge in [-0.25, -0.2) is 23.1 Å². The summed E-state index contributed by atoms with van der Waals surface area (Å²) in [6.07, 6.45) is 0.586. The van der Waals surface area contributed by atoms with Crippen LogP contribution >= 0.6 is 0 Å². The van der Waals surface area contributed by atoms with E-state index in [1.54, 1.807) is 0 Å². The van der Waals surface area contributed by atoms with E-state index in [9.17, 15) is 18.8 Å². The fourth-order valence-corrected chi connectivity index (χ4v) is 2.52. The predicted molar refractivity (Wildman–Crippen MR) is 100 cm³/mol. The number of benzene rings is 1. The van der Waals surface area contributed by atoms with Gasteiger partial charge in [0, 0.05) is 13.6 Å². The molecule has 1 aromatic carbocycles. The molecule has 11 nitrogen and oxygen atoms in total. The molecule has 0 unspecified atom stereocenters. The number of carbonyl (C=O) groups is 1. The molecule has 1 N–H and O–H groups in total. The van der Waals surface area contributed by atoms with Gasteiger partial charge in [-0.15, -0.1) is 0 Å². The monoisotopic (exact) mass is 402 g/mol. The molecular weight excluding hydrogens is 383 g/mol. The molecule has 0 fully saturated rings. The standard InChI is InChI=1S/C17H19FN8O3/c1-10(2)7-8-25-17(29)26(12-6-4-5-11(18)9-12)15(28)13(21-25)14(27)19-16-20-22-23-24(16)3/h4-6,9-10H,7-8H2,1-3H3,(H,19,20,23,27). The molecule has 0 bridgehead atoms. The third-order valence-corrected chi connectivity index (χ3v) is 4.08. The van der Waals surface area contributed by atoms with Crippen molar-refractivity contribution in [2.75, 3.05) is 5.32 Å². The highest BCUT2D eigenvalue weighted by Gasteiger charge is 2.22. The number of tetrazole rings is 1. The Morgan fingerprint density at radius 2 is 2.03 bits per heavy atom. The van der Waals surface area contributed by atoms with Crippen LogP contribution in [0.3, 0.4) is 0 Å². The van der Waals surface area contributed by atoms with Gasteiger partial charge in [-0.1, -0.05) is 25.0 Å². The molecule has 3 rings (SSSR count). The molecule has 0 aliphatic carbocycles. The summed E-state index contributed by atoms with van der Waals surface area (Å²) in [5.41, 5.74) is -2.29. The zero-order valence-corrected chi connectivity index (χ0v) is 16.0. The molecule has 0 atom stereocenters. The van der Waals surface area contributed by atoms with Gasteiger partial charge in [-0.2, -0.15) is 5.10 Å². The van der Waals surface area contributed by atoms with E-state index in [-0.39, 0.29) is 24.1 Å². The van der Waals surface area contributed by atoms with Gasteiger partial charge < -0.3 is 0 Å². The number of anilines is 1. The first-order valence-corrected chi connectivity index (χ1v) is 8.81. The van der Waals surface area contributed by atoms with Gasteiger partial charge in [0.05, 0.1) is 5.69 Å². The van der Waals surface area contributed by atoms with Crippen molar-refractivity contribution in [1.82, 2.24) is 34.6 Å². The van der Waals surface area contributed by atoms with Crippen LogP contribution < -0.4 is 16.6 Å². The highest BCUT2D eigenvalue weighted by atomic mass is 19.1. The van der Waals surface area contributed by atoms with Crippen LogP contribution in [0.15, 0.2) is 33.9 Å². The minimum Gasteiger partial charge on any atom is -0.288 e. The summed E-state index contributed by atoms with van der Waals surface area (Å²) >= 11 is 0. The van der Waals surface area contributed by atoms with Crippen LogP contribution in [0.5, 0.6) is 0 Å². The first-order valence-electron chi connectivity index (χ1n) is 8.81. The third kappa shape index (κ3) is 4.25. The molecule has 0 saturated heterocycles. The number of aryl methyl sites for hydroxylation is 2. The normalized spacial score (nSPS) is 11.1. The highest BCUT2D eigenvalue weighted by Crippen LogP contribution is 2.07. The predicted octanol–water partition coefficient (Wildman–Crippen LogP) is 0.355. The maximum atomic E-state index is 13.7. The van der Waals surface area contributed by atoms with E-state index >= 15 is 0 Å². The number of nitrogens with zero attached hydrogens (tertiary/aromatic N) is 7. The van der Waals surface area contributed by atoms with Crippen LogP contribution in [0.1, 0.15) is 30.8 Å². The number of rotatable bonds is 6. The summed E-state index contributed by atoms with van der Waals surface area (Å²) in [7, 11) is 1.50. The molecule has 1 amide bonds. The van der Waals surface area contributed by atoms with Gasteiger partial charge >= 0.3 is 5.69 Å². The van der Waals surface area contributed by atoms with E-state index in [0.717, 1.165) is 15.3 Å². The summed E-state index contributed by atoms with van der Waals surface area (Å²) in [4.78, 5) is 38.4. The second-order valence-electron chi connectivity index (χ2n) is 6.74. The zero-order valence-electron chi connectivity index (χ0n) is 16.0. The average Bonchev–Trinajstić information content (AvgIpc) is 3.05. The van der Waals surface area contributed by atoms with Crippen molar-refractivity contribution in [3.05, 3.63) is 56.6 Å². The number of nitrogens with one attached hydrogen (secondary N) is 1. The lowest BCUT2D eigenvalue weighted by atomic mass is 10.1. The van der Waals surface area contributed by atoms with Crippen molar-refractivity contribution in [2.45, 2.75) is 26.8 Å². The largest absolute Gasteiger partial charge is 0.352 e. The summed E-state index contributed by atoms with van der Waals surface area (Å²) in [5, 5.41) is 16.9. The van der Waals surface area contributed by atoms with E-state index in [0.29, 0.717) is 6.42 Å². The van der Waals surface area contributed by atoms with Crippen molar-refractivity contribution in [3.8, 4) is 5.69 Å². The second kappa shape index (κ2) is 8.12. The van der Waals surface area contributed by atoms with Crippen molar-refractivity contribution >= 4 is 11.9 Å². The molecule has 29 heavy (non-hydrogen) atoms.